The van der Waals surface area contributed by atoms with E-state index in [1.165, 1.54) is 12.3 Å². The Morgan fingerprint density at radius 3 is 2.64 bits per heavy atom. The van der Waals surface area contributed by atoms with Crippen molar-refractivity contribution in [2.75, 3.05) is 6.61 Å². The fraction of sp³-hybridized carbons (Fsp3) is 0.267. The number of nitrogens with zero attached hydrogens (tertiary/aromatic N) is 2. The highest BCUT2D eigenvalue weighted by Crippen LogP contribution is 2.37. The average Bonchev–Trinajstić information content (AvgIpc) is 3.30. The minimum absolute atomic E-state index is 0.161. The van der Waals surface area contributed by atoms with Gasteiger partial charge in [-0.2, -0.15) is 8.42 Å². The van der Waals surface area contributed by atoms with Crippen molar-refractivity contribution in [3.05, 3.63) is 64.6 Å². The Morgan fingerprint density at radius 2 is 1.95 bits per heavy atom. The second kappa shape index (κ2) is 10.2. The van der Waals surface area contributed by atoms with E-state index in [9.17, 15) is 17.1 Å². The Labute approximate surface area is 225 Å². The van der Waals surface area contributed by atoms with E-state index in [2.05, 4.69) is 27.4 Å². The summed E-state index contributed by atoms with van der Waals surface area (Å²) >= 11 is 0. The molecule has 0 saturated heterocycles. The molecule has 2 aromatic carbocycles. The minimum atomic E-state index is -4.97. The van der Waals surface area contributed by atoms with Crippen molar-refractivity contribution in [3.8, 4) is 29.2 Å². The summed E-state index contributed by atoms with van der Waals surface area (Å²) in [7, 11) is -4.97. The fourth-order valence-corrected chi connectivity index (χ4v) is 5.24. The van der Waals surface area contributed by atoms with Gasteiger partial charge in [0.15, 0.2) is 5.43 Å². The monoisotopic (exact) mass is 545 g/mol. The zero-order chi connectivity index (χ0) is 27.9. The Hall–Kier alpha value is -4.16. The van der Waals surface area contributed by atoms with E-state index in [1.807, 2.05) is 32.0 Å². The van der Waals surface area contributed by atoms with Crippen LogP contribution in [0.5, 0.6) is 5.75 Å². The lowest BCUT2D eigenvalue weighted by molar-refractivity contribution is 0.272. The van der Waals surface area contributed by atoms with Gasteiger partial charge in [0.25, 0.3) is 0 Å². The molecule has 0 saturated carbocycles. The van der Waals surface area contributed by atoms with Gasteiger partial charge in [0, 0.05) is 46.5 Å². The van der Waals surface area contributed by atoms with Crippen LogP contribution in [0.4, 0.5) is 3.89 Å². The van der Waals surface area contributed by atoms with E-state index in [4.69, 9.17) is 11.2 Å². The molecule has 0 fully saturated rings. The molecule has 5 rings (SSSR count). The number of fused-ring (bicyclic) bond motifs is 4. The van der Waals surface area contributed by atoms with E-state index in [1.54, 1.807) is 12.1 Å². The van der Waals surface area contributed by atoms with Gasteiger partial charge in [-0.25, -0.2) is 0 Å². The van der Waals surface area contributed by atoms with Crippen molar-refractivity contribution < 1.29 is 17.0 Å². The fourth-order valence-electron chi connectivity index (χ4n) is 4.78. The van der Waals surface area contributed by atoms with E-state index < -0.39 is 15.1 Å². The number of hydrogen-bond donors (Lipinski definition) is 1. The highest BCUT2D eigenvalue weighted by Gasteiger charge is 2.21. The van der Waals surface area contributed by atoms with Crippen LogP contribution in [-0.4, -0.2) is 29.6 Å². The van der Waals surface area contributed by atoms with Crippen LogP contribution in [0.2, 0.25) is 0 Å². The van der Waals surface area contributed by atoms with Crippen LogP contribution in [0, 0.1) is 18.3 Å². The third-order valence-electron chi connectivity index (χ3n) is 6.69. The number of H-pyrrole nitrogens is 1. The van der Waals surface area contributed by atoms with E-state index in [-0.39, 0.29) is 11.3 Å². The van der Waals surface area contributed by atoms with Gasteiger partial charge in [-0.15, -0.1) is 10.3 Å². The van der Waals surface area contributed by atoms with Gasteiger partial charge in [0.1, 0.15) is 16.3 Å². The van der Waals surface area contributed by atoms with Crippen LogP contribution in [0.15, 0.2) is 58.5 Å². The second-order valence-electron chi connectivity index (χ2n) is 10.0. The lowest BCUT2D eigenvalue weighted by Gasteiger charge is -2.18. The summed E-state index contributed by atoms with van der Waals surface area (Å²) in [6, 6.07) is 10.2. The first kappa shape index (κ1) is 26.4. The number of halogens is 1. The molecule has 0 amide bonds. The molecule has 200 valence electrons. The smallest absolute Gasteiger partial charge is 0.333 e. The van der Waals surface area contributed by atoms with Crippen LogP contribution >= 0.6 is 0 Å². The van der Waals surface area contributed by atoms with E-state index in [0.717, 1.165) is 29.9 Å². The summed E-state index contributed by atoms with van der Waals surface area (Å²) in [4.78, 5) is 20.8. The molecule has 0 aliphatic carbocycles. The largest absolute Gasteiger partial charge is 0.493 e. The SMILES string of the molecule is C#Cc1ccc2c(c1)[nH]c1c2c(=O)c2cc(OCC(C)C)c(-c3cncc(S(=O)(=O)F)c3)cc2n1CCCC. The van der Waals surface area contributed by atoms with Crippen molar-refractivity contribution >= 4 is 43.1 Å². The molecule has 0 aliphatic rings. The van der Waals surface area contributed by atoms with Crippen LogP contribution in [-0.2, 0) is 16.8 Å². The molecule has 3 aromatic heterocycles. The predicted molar refractivity (Wildman–Crippen MR) is 152 cm³/mol. The lowest BCUT2D eigenvalue weighted by atomic mass is 10.0. The molecule has 5 aromatic rings. The van der Waals surface area contributed by atoms with Crippen LogP contribution in [0.3, 0.4) is 0 Å². The average molecular weight is 546 g/mol. The first-order chi connectivity index (χ1) is 18.6. The summed E-state index contributed by atoms with van der Waals surface area (Å²) in [5.41, 5.74) is 3.49. The standard InChI is InChI=1S/C30H28FN3O4S/c1-5-7-10-34-26-13-23(20-12-21(16-32-15-20)39(31,36)37)27(38-17-18(3)4)14-24(26)29(35)28-22-9-8-19(6-2)11-25(22)33-30(28)34/h2,8-9,11-16,18,33H,5,7,10,17H2,1,3-4H3. The number of rotatable bonds is 8. The van der Waals surface area contributed by atoms with Gasteiger partial charge in [-0.3, -0.25) is 9.78 Å². The number of terminal acetylenes is 1. The molecule has 0 radical (unpaired) electrons. The number of aromatic amines is 1. The minimum Gasteiger partial charge on any atom is -0.493 e. The molecule has 0 atom stereocenters. The zero-order valence-electron chi connectivity index (χ0n) is 21.9. The maximum Gasteiger partial charge on any atom is 0.333 e. The number of nitrogens with one attached hydrogen (secondary N) is 1. The molecular formula is C30H28FN3O4S. The molecule has 0 aliphatic heterocycles. The van der Waals surface area contributed by atoms with E-state index in [0.29, 0.717) is 57.5 Å². The van der Waals surface area contributed by atoms with Gasteiger partial charge >= 0.3 is 10.2 Å². The Bertz CT molecular complexity index is 1950. The number of pyridine rings is 2. The Kier molecular flexibility index (Phi) is 6.91. The number of aromatic nitrogens is 3. The van der Waals surface area contributed by atoms with Crippen molar-refractivity contribution in [2.45, 2.75) is 45.1 Å². The van der Waals surface area contributed by atoms with Gasteiger partial charge < -0.3 is 14.3 Å². The summed E-state index contributed by atoms with van der Waals surface area (Å²) in [5.74, 6) is 3.21. The van der Waals surface area contributed by atoms with Crippen molar-refractivity contribution in [2.24, 2.45) is 5.92 Å². The van der Waals surface area contributed by atoms with Crippen molar-refractivity contribution in [1.82, 2.24) is 14.5 Å². The topological polar surface area (TPSA) is 94.1 Å². The Balaban J connectivity index is 1.89. The summed E-state index contributed by atoms with van der Waals surface area (Å²) < 4.78 is 45.3. The van der Waals surface area contributed by atoms with Crippen LogP contribution in [0.1, 0.15) is 39.2 Å². The summed E-state index contributed by atoms with van der Waals surface area (Å²) in [6.07, 6.45) is 9.81. The van der Waals surface area contributed by atoms with Crippen molar-refractivity contribution in [1.29, 1.82) is 0 Å². The summed E-state index contributed by atoms with van der Waals surface area (Å²) in [6.45, 7) is 7.07. The van der Waals surface area contributed by atoms with Gasteiger partial charge in [0.2, 0.25) is 0 Å². The summed E-state index contributed by atoms with van der Waals surface area (Å²) in [5, 5.41) is 1.80. The number of benzene rings is 2. The first-order valence-corrected chi connectivity index (χ1v) is 14.2. The Morgan fingerprint density at radius 1 is 1.15 bits per heavy atom. The van der Waals surface area contributed by atoms with E-state index >= 15 is 0 Å². The highest BCUT2D eigenvalue weighted by atomic mass is 32.3. The molecule has 0 spiro atoms. The second-order valence-corrected chi connectivity index (χ2v) is 11.4. The quantitative estimate of drug-likeness (QED) is 0.186. The molecule has 0 unspecified atom stereocenters. The van der Waals surface area contributed by atoms with Crippen LogP contribution in [0.25, 0.3) is 44.0 Å². The molecule has 3 heterocycles. The zero-order valence-corrected chi connectivity index (χ0v) is 22.7. The van der Waals surface area contributed by atoms with Gasteiger partial charge in [-0.1, -0.05) is 39.2 Å². The van der Waals surface area contributed by atoms with Crippen molar-refractivity contribution in [3.63, 3.8) is 0 Å². The lowest BCUT2D eigenvalue weighted by Crippen LogP contribution is -2.13. The number of aryl methyl sites for hydroxylation is 1. The molecule has 39 heavy (non-hydrogen) atoms. The molecular weight excluding hydrogens is 517 g/mol. The van der Waals surface area contributed by atoms with Gasteiger partial charge in [-0.05, 0) is 42.7 Å². The third-order valence-corrected chi connectivity index (χ3v) is 7.48. The molecule has 0 bridgehead atoms. The third kappa shape index (κ3) is 4.88. The highest BCUT2D eigenvalue weighted by molar-refractivity contribution is 7.86. The molecule has 9 heteroatoms. The first-order valence-electron chi connectivity index (χ1n) is 12.8. The predicted octanol–water partition coefficient (Wildman–Crippen LogP) is 6.17. The number of unbranched alkanes of at least 4 members (excludes halogenated alkanes) is 1. The normalized spacial score (nSPS) is 12.0. The number of ether oxygens (including phenoxy) is 1. The molecule has 1 N–H and O–H groups in total. The maximum absolute atomic E-state index is 14.0. The van der Waals surface area contributed by atoms with Crippen LogP contribution < -0.4 is 10.2 Å². The van der Waals surface area contributed by atoms with Gasteiger partial charge in [0.05, 0.1) is 22.9 Å². The number of hydrogen-bond acceptors (Lipinski definition) is 5. The molecule has 7 nitrogen and oxygen atoms in total. The maximum atomic E-state index is 14.0.